The van der Waals surface area contributed by atoms with Crippen molar-refractivity contribution in [3.63, 3.8) is 0 Å². The molecule has 0 radical (unpaired) electrons. The molecule has 1 rings (SSSR count). The fraction of sp³-hybridized carbons (Fsp3) is 0.950. The third-order valence-corrected chi connectivity index (χ3v) is 14.9. The van der Waals surface area contributed by atoms with Crippen LogP contribution >= 0.6 is 0 Å². The minimum atomic E-state index is -0.235. The molecular formula is C60H118N3O3+. The van der Waals surface area contributed by atoms with E-state index in [1.165, 1.54) is 250 Å². The van der Waals surface area contributed by atoms with Gasteiger partial charge < -0.3 is 14.9 Å². The SMILES string of the molecule is CCCCCCCCCCN(CCCCCCCCCC)C(=O)CCCCCCC[N+](CCCCCCCC(=O)N(CCCCCCCCCC)CCCCCCCCCC)=C1CCC1O. The predicted octanol–water partition coefficient (Wildman–Crippen LogP) is 17.5. The summed E-state index contributed by atoms with van der Waals surface area (Å²) in [6, 6.07) is 0. The highest BCUT2D eigenvalue weighted by atomic mass is 16.3. The van der Waals surface area contributed by atoms with Crippen molar-refractivity contribution < 1.29 is 19.3 Å². The number of aliphatic hydroxyl groups is 1. The molecule has 1 atom stereocenters. The summed E-state index contributed by atoms with van der Waals surface area (Å²) in [5.74, 6) is 0.804. The maximum Gasteiger partial charge on any atom is 0.222 e. The van der Waals surface area contributed by atoms with E-state index in [1.54, 1.807) is 0 Å². The number of unbranched alkanes of at least 4 members (excludes halogenated alkanes) is 36. The molecular weight excluding hydrogens is 811 g/mol. The minimum Gasteiger partial charge on any atom is -0.382 e. The Morgan fingerprint density at radius 2 is 0.621 bits per heavy atom. The lowest BCUT2D eigenvalue weighted by Gasteiger charge is -2.23. The van der Waals surface area contributed by atoms with Crippen LogP contribution in [0.1, 0.15) is 323 Å². The molecule has 2 amide bonds. The first-order valence-electron chi connectivity index (χ1n) is 30.3. The van der Waals surface area contributed by atoms with Crippen LogP contribution in [0.5, 0.6) is 0 Å². The zero-order valence-electron chi connectivity index (χ0n) is 45.5. The Hall–Kier alpha value is -1.43. The number of amides is 2. The van der Waals surface area contributed by atoms with E-state index < -0.39 is 0 Å². The number of carbonyl (C=O) groups is 2. The Bertz CT molecular complexity index is 981. The zero-order valence-corrected chi connectivity index (χ0v) is 45.5. The van der Waals surface area contributed by atoms with Crippen molar-refractivity contribution in [3.05, 3.63) is 0 Å². The van der Waals surface area contributed by atoms with E-state index >= 15 is 0 Å². The van der Waals surface area contributed by atoms with E-state index in [1.807, 2.05) is 0 Å². The summed E-state index contributed by atoms with van der Waals surface area (Å²) in [6.45, 7) is 15.1. The van der Waals surface area contributed by atoms with Gasteiger partial charge in [-0.3, -0.25) is 9.59 Å². The molecule has 1 saturated carbocycles. The van der Waals surface area contributed by atoms with Crippen LogP contribution in [0.2, 0.25) is 0 Å². The second-order valence-electron chi connectivity index (χ2n) is 21.2. The van der Waals surface area contributed by atoms with Gasteiger partial charge in [0.15, 0.2) is 5.71 Å². The largest absolute Gasteiger partial charge is 0.382 e. The van der Waals surface area contributed by atoms with E-state index in [2.05, 4.69) is 42.1 Å². The molecule has 0 saturated heterocycles. The molecule has 6 heteroatoms. The van der Waals surface area contributed by atoms with Gasteiger partial charge >= 0.3 is 0 Å². The van der Waals surface area contributed by atoms with Gasteiger partial charge in [-0.05, 0) is 57.8 Å². The molecule has 0 aromatic rings. The Morgan fingerprint density at radius 3 is 0.864 bits per heavy atom. The highest BCUT2D eigenvalue weighted by Gasteiger charge is 2.32. The summed E-state index contributed by atoms with van der Waals surface area (Å²) in [5.41, 5.74) is 1.27. The van der Waals surface area contributed by atoms with Gasteiger partial charge in [0.2, 0.25) is 11.8 Å². The van der Waals surface area contributed by atoms with E-state index in [0.29, 0.717) is 11.8 Å². The molecule has 0 bridgehead atoms. The molecule has 0 aromatic carbocycles. The van der Waals surface area contributed by atoms with Crippen molar-refractivity contribution in [1.29, 1.82) is 0 Å². The average Bonchev–Trinajstić information content (AvgIpc) is 3.31. The van der Waals surface area contributed by atoms with Crippen molar-refractivity contribution in [1.82, 2.24) is 9.80 Å². The first kappa shape index (κ1) is 62.6. The number of hydrogen-bond acceptors (Lipinski definition) is 3. The summed E-state index contributed by atoms with van der Waals surface area (Å²) < 4.78 is 2.52. The highest BCUT2D eigenvalue weighted by molar-refractivity contribution is 5.89. The fourth-order valence-corrected chi connectivity index (χ4v) is 10.2. The molecule has 0 heterocycles. The molecule has 390 valence electrons. The number of aliphatic hydroxyl groups excluding tert-OH is 1. The monoisotopic (exact) mass is 929 g/mol. The van der Waals surface area contributed by atoms with Crippen LogP contribution in [0.15, 0.2) is 0 Å². The molecule has 66 heavy (non-hydrogen) atoms. The molecule has 1 fully saturated rings. The standard InChI is InChI=1S/C60H118N3O3/c1-5-9-13-17-21-25-33-43-53-62(54-44-34-26-22-18-14-10-6-2)59(65)47-39-31-29-37-41-51-61(57-49-50-58(57)64)52-42-38-30-32-40-48-60(66)63(55-45-35-27-23-19-15-11-7-3)56-46-36-28-24-20-16-12-8-4/h58,64H,5-56H2,1-4H3/q+1. The predicted molar refractivity (Wildman–Crippen MR) is 289 cm³/mol. The molecule has 6 nitrogen and oxygen atoms in total. The van der Waals surface area contributed by atoms with Crippen molar-refractivity contribution in [2.75, 3.05) is 39.3 Å². The first-order chi connectivity index (χ1) is 32.5. The Labute approximate surface area is 413 Å². The molecule has 0 spiro atoms. The smallest absolute Gasteiger partial charge is 0.222 e. The molecule has 1 unspecified atom stereocenters. The molecule has 1 N–H and O–H groups in total. The number of carbonyl (C=O) groups excluding carboxylic acids is 2. The average molecular weight is 930 g/mol. The summed E-state index contributed by atoms with van der Waals surface area (Å²) >= 11 is 0. The molecule has 0 aromatic heterocycles. The summed E-state index contributed by atoms with van der Waals surface area (Å²) in [6.07, 6.45) is 56.8. The van der Waals surface area contributed by atoms with E-state index in [9.17, 15) is 14.7 Å². The quantitative estimate of drug-likeness (QED) is 0.0488. The van der Waals surface area contributed by atoms with Gasteiger partial charge in [-0.2, -0.15) is 0 Å². The number of nitrogens with zero attached hydrogens (tertiary/aromatic N) is 3. The second-order valence-corrected chi connectivity index (χ2v) is 21.2. The Morgan fingerprint density at radius 1 is 0.379 bits per heavy atom. The van der Waals surface area contributed by atoms with Gasteiger partial charge in [0, 0.05) is 58.3 Å². The van der Waals surface area contributed by atoms with Crippen LogP contribution in [-0.4, -0.2) is 82.4 Å². The summed E-state index contributed by atoms with van der Waals surface area (Å²) in [4.78, 5) is 31.3. The van der Waals surface area contributed by atoms with Crippen molar-refractivity contribution in [2.24, 2.45) is 0 Å². The van der Waals surface area contributed by atoms with Crippen LogP contribution in [-0.2, 0) is 9.59 Å². The van der Waals surface area contributed by atoms with Crippen LogP contribution < -0.4 is 0 Å². The second kappa shape index (κ2) is 48.6. The highest BCUT2D eigenvalue weighted by Crippen LogP contribution is 2.19. The van der Waals surface area contributed by atoms with Gasteiger partial charge in [-0.25, -0.2) is 4.58 Å². The van der Waals surface area contributed by atoms with Gasteiger partial charge in [0.25, 0.3) is 0 Å². The maximum atomic E-state index is 13.4. The van der Waals surface area contributed by atoms with E-state index in [4.69, 9.17) is 0 Å². The van der Waals surface area contributed by atoms with Gasteiger partial charge in [0.1, 0.15) is 19.2 Å². The summed E-state index contributed by atoms with van der Waals surface area (Å²) in [5, 5.41) is 10.5. The third-order valence-electron chi connectivity index (χ3n) is 14.9. The minimum absolute atomic E-state index is 0.235. The first-order valence-corrected chi connectivity index (χ1v) is 30.3. The zero-order chi connectivity index (χ0) is 47.8. The molecule has 1 aliphatic carbocycles. The van der Waals surface area contributed by atoms with E-state index in [0.717, 1.165) is 90.6 Å². The van der Waals surface area contributed by atoms with Crippen molar-refractivity contribution >= 4 is 17.5 Å². The van der Waals surface area contributed by atoms with Crippen molar-refractivity contribution in [2.45, 2.75) is 329 Å². The lowest BCUT2D eigenvalue weighted by molar-refractivity contribution is -0.535. The lowest BCUT2D eigenvalue weighted by atomic mass is 9.92. The van der Waals surface area contributed by atoms with Crippen LogP contribution in [0.25, 0.3) is 0 Å². The number of rotatable bonds is 52. The third kappa shape index (κ3) is 37.5. The van der Waals surface area contributed by atoms with Crippen LogP contribution in [0.3, 0.4) is 0 Å². The Kier molecular flexibility index (Phi) is 46.1. The summed E-state index contributed by atoms with van der Waals surface area (Å²) in [7, 11) is 0. The van der Waals surface area contributed by atoms with Gasteiger partial charge in [-0.1, -0.05) is 233 Å². The lowest BCUT2D eigenvalue weighted by Crippen LogP contribution is -2.40. The van der Waals surface area contributed by atoms with E-state index in [-0.39, 0.29) is 6.10 Å². The number of hydrogen-bond donors (Lipinski definition) is 1. The normalized spacial score (nSPS) is 13.7. The maximum absolute atomic E-state index is 13.4. The van der Waals surface area contributed by atoms with Crippen molar-refractivity contribution in [3.8, 4) is 0 Å². The van der Waals surface area contributed by atoms with Gasteiger partial charge in [-0.15, -0.1) is 0 Å². The molecule has 0 aliphatic heterocycles. The topological polar surface area (TPSA) is 63.9 Å². The fourth-order valence-electron chi connectivity index (χ4n) is 10.2. The Balaban J connectivity index is 2.38. The van der Waals surface area contributed by atoms with Gasteiger partial charge in [0.05, 0.1) is 0 Å². The van der Waals surface area contributed by atoms with Crippen LogP contribution in [0, 0.1) is 0 Å². The van der Waals surface area contributed by atoms with Crippen LogP contribution in [0.4, 0.5) is 0 Å². The molecule has 1 aliphatic rings.